The Kier molecular flexibility index (Phi) is 5.29. The van der Waals surface area contributed by atoms with Crippen LogP contribution >= 0.6 is 0 Å². The fourth-order valence-corrected chi connectivity index (χ4v) is 7.78. The van der Waals surface area contributed by atoms with E-state index in [1.807, 2.05) is 30.3 Å². The van der Waals surface area contributed by atoms with Crippen molar-refractivity contribution in [3.05, 3.63) is 54.6 Å². The maximum atomic E-state index is 10.5. The van der Waals surface area contributed by atoms with Gasteiger partial charge in [-0.25, -0.2) is 0 Å². The smallest absolute Gasteiger partial charge is 0.319 e. The minimum atomic E-state index is 0.111. The van der Waals surface area contributed by atoms with Crippen molar-refractivity contribution in [3.8, 4) is 22.9 Å². The topological polar surface area (TPSA) is 73.8 Å². The first-order valence-corrected chi connectivity index (χ1v) is 14.5. The molecule has 0 aliphatic carbocycles. The number of anilines is 1. The van der Waals surface area contributed by atoms with Crippen LogP contribution in [-0.2, 0) is 0 Å². The number of fused-ring (bicyclic) bond motifs is 6. The molecule has 4 aromatic rings. The molecule has 4 fully saturated rings. The number of rotatable bonds is 5. The van der Waals surface area contributed by atoms with Crippen molar-refractivity contribution in [3.63, 3.8) is 0 Å². The number of nitrogens with one attached hydrogen (secondary N) is 1. The van der Waals surface area contributed by atoms with E-state index < -0.39 is 0 Å². The number of hydrogen-bond donors (Lipinski definition) is 2. The molecule has 0 radical (unpaired) electrons. The van der Waals surface area contributed by atoms with E-state index in [1.54, 1.807) is 0 Å². The molecule has 0 unspecified atom stereocenters. The molecule has 4 aliphatic rings. The maximum absolute atomic E-state index is 10.5. The van der Waals surface area contributed by atoms with E-state index in [-0.39, 0.29) is 11.3 Å². The van der Waals surface area contributed by atoms with E-state index in [2.05, 4.69) is 46.4 Å². The van der Waals surface area contributed by atoms with E-state index in [0.717, 1.165) is 51.7 Å². The summed E-state index contributed by atoms with van der Waals surface area (Å²) in [5.41, 5.74) is 3.02. The Morgan fingerprint density at radius 2 is 1.74 bits per heavy atom. The highest BCUT2D eigenvalue weighted by molar-refractivity contribution is 6.00. The van der Waals surface area contributed by atoms with Gasteiger partial charge in [0.05, 0.1) is 11.1 Å². The lowest BCUT2D eigenvalue weighted by atomic mass is 9.88. The van der Waals surface area contributed by atoms with Crippen LogP contribution in [0.1, 0.15) is 38.5 Å². The number of phenolic OH excluding ortho intramolecular Hbond substituents is 1. The normalized spacial score (nSPS) is 28.1. The molecular formula is C32H35N5O2. The molecule has 4 bridgehead atoms. The zero-order valence-corrected chi connectivity index (χ0v) is 22.4. The first-order valence-electron chi connectivity index (χ1n) is 14.5. The predicted octanol–water partition coefficient (Wildman–Crippen LogP) is 5.10. The van der Waals surface area contributed by atoms with E-state index in [1.165, 1.54) is 38.5 Å². The number of ether oxygens (including phenoxy) is 1. The van der Waals surface area contributed by atoms with Crippen LogP contribution in [0.5, 0.6) is 11.8 Å². The molecule has 8 rings (SSSR count). The molecule has 0 amide bonds. The van der Waals surface area contributed by atoms with E-state index in [0.29, 0.717) is 30.7 Å². The SMILES string of the molecule is CN1C2CCC1(COc1nc(N3C[C@H]4CC[C@@H](C3)N4)c3ccc(-c4cc(O)cc5ccccc45)cc3n1)CC2. The third kappa shape index (κ3) is 3.85. The number of piperazine rings is 1. The standard InChI is InChI=1S/C32H35N5O2/c1-36-24-10-12-32(36,13-11-24)19-39-31-34-29-15-21(28-16-25(38)14-20-4-2-3-5-26(20)28)6-9-27(29)30(35-31)37-17-22-7-8-23(18-37)33-22/h2-6,9,14-16,22-24,33,38H,7-8,10-13,17-19H2,1H3/t22-,23+,24?,32?. The molecule has 0 spiro atoms. The summed E-state index contributed by atoms with van der Waals surface area (Å²) in [6.45, 7) is 2.54. The van der Waals surface area contributed by atoms with Gasteiger partial charge in [-0.05, 0) is 91.7 Å². The number of aromatic nitrogens is 2. The lowest BCUT2D eigenvalue weighted by Gasteiger charge is -2.34. The van der Waals surface area contributed by atoms with Gasteiger partial charge in [-0.15, -0.1) is 0 Å². The highest BCUT2D eigenvalue weighted by Gasteiger charge is 2.50. The zero-order chi connectivity index (χ0) is 26.1. The van der Waals surface area contributed by atoms with Gasteiger partial charge in [0.15, 0.2) is 0 Å². The van der Waals surface area contributed by atoms with Crippen LogP contribution in [0, 0.1) is 0 Å². The van der Waals surface area contributed by atoms with Gasteiger partial charge in [-0.1, -0.05) is 30.3 Å². The molecule has 200 valence electrons. The maximum Gasteiger partial charge on any atom is 0.319 e. The van der Waals surface area contributed by atoms with Crippen molar-refractivity contribution in [1.82, 2.24) is 20.2 Å². The molecule has 3 aromatic carbocycles. The molecule has 4 aliphatic heterocycles. The summed E-state index contributed by atoms with van der Waals surface area (Å²) >= 11 is 0. The highest BCUT2D eigenvalue weighted by atomic mass is 16.5. The quantitative estimate of drug-likeness (QED) is 0.378. The predicted molar refractivity (Wildman–Crippen MR) is 155 cm³/mol. The largest absolute Gasteiger partial charge is 0.508 e. The summed E-state index contributed by atoms with van der Waals surface area (Å²) in [5, 5.41) is 17.4. The number of nitrogens with zero attached hydrogens (tertiary/aromatic N) is 4. The summed E-state index contributed by atoms with van der Waals surface area (Å²) in [4.78, 5) is 15.0. The second-order valence-electron chi connectivity index (χ2n) is 12.2. The van der Waals surface area contributed by atoms with Gasteiger partial charge >= 0.3 is 6.01 Å². The second kappa shape index (κ2) is 8.80. The lowest BCUT2D eigenvalue weighted by molar-refractivity contribution is 0.107. The molecule has 7 nitrogen and oxygen atoms in total. The van der Waals surface area contributed by atoms with Crippen molar-refractivity contribution in [2.24, 2.45) is 0 Å². The minimum absolute atomic E-state index is 0.111. The fourth-order valence-electron chi connectivity index (χ4n) is 7.78. The Bertz CT molecular complexity index is 1570. The molecule has 2 atom stereocenters. The Morgan fingerprint density at radius 1 is 0.949 bits per heavy atom. The third-order valence-corrected chi connectivity index (χ3v) is 9.98. The van der Waals surface area contributed by atoms with Crippen molar-refractivity contribution >= 4 is 27.5 Å². The van der Waals surface area contributed by atoms with Crippen molar-refractivity contribution in [2.45, 2.75) is 62.2 Å². The van der Waals surface area contributed by atoms with Gasteiger partial charge in [0.25, 0.3) is 0 Å². The van der Waals surface area contributed by atoms with Crippen molar-refractivity contribution in [1.29, 1.82) is 0 Å². The summed E-state index contributed by atoms with van der Waals surface area (Å²) in [6.07, 6.45) is 7.33. The average molecular weight is 522 g/mol. The van der Waals surface area contributed by atoms with Crippen LogP contribution in [0.3, 0.4) is 0 Å². The summed E-state index contributed by atoms with van der Waals surface area (Å²) in [5.74, 6) is 1.24. The second-order valence-corrected chi connectivity index (χ2v) is 12.2. The molecular weight excluding hydrogens is 486 g/mol. The van der Waals surface area contributed by atoms with E-state index in [4.69, 9.17) is 14.7 Å². The monoisotopic (exact) mass is 521 g/mol. The van der Waals surface area contributed by atoms with Crippen LogP contribution < -0.4 is 15.0 Å². The fraction of sp³-hybridized carbons (Fsp3) is 0.438. The molecule has 5 heterocycles. The number of likely N-dealkylation sites (N-methyl/N-ethyl adjacent to an activating group) is 1. The molecule has 2 N–H and O–H groups in total. The molecule has 39 heavy (non-hydrogen) atoms. The zero-order valence-electron chi connectivity index (χ0n) is 22.4. The lowest BCUT2D eigenvalue weighted by Crippen LogP contribution is -2.51. The Hall–Kier alpha value is -3.42. The first kappa shape index (κ1) is 23.5. The van der Waals surface area contributed by atoms with Gasteiger partial charge < -0.3 is 20.1 Å². The highest BCUT2D eigenvalue weighted by Crippen LogP contribution is 2.45. The van der Waals surface area contributed by atoms with Gasteiger partial charge in [-0.3, -0.25) is 4.90 Å². The molecule has 4 saturated heterocycles. The summed E-state index contributed by atoms with van der Waals surface area (Å²) < 4.78 is 6.48. The van der Waals surface area contributed by atoms with Gasteiger partial charge in [-0.2, -0.15) is 9.97 Å². The number of benzene rings is 3. The van der Waals surface area contributed by atoms with E-state index >= 15 is 0 Å². The molecule has 7 heteroatoms. The van der Waals surface area contributed by atoms with Crippen LogP contribution in [0.15, 0.2) is 54.6 Å². The molecule has 0 saturated carbocycles. The van der Waals surface area contributed by atoms with E-state index in [9.17, 15) is 5.11 Å². The molecule has 1 aromatic heterocycles. The summed E-state index contributed by atoms with van der Waals surface area (Å²) in [7, 11) is 2.25. The third-order valence-electron chi connectivity index (χ3n) is 9.98. The van der Waals surface area contributed by atoms with Crippen molar-refractivity contribution < 1.29 is 9.84 Å². The number of hydrogen-bond acceptors (Lipinski definition) is 7. The average Bonchev–Trinajstić information content (AvgIpc) is 3.58. The number of aromatic hydroxyl groups is 1. The summed E-state index contributed by atoms with van der Waals surface area (Å²) in [6, 6.07) is 20.5. The Morgan fingerprint density at radius 3 is 2.51 bits per heavy atom. The van der Waals surface area contributed by atoms with Gasteiger partial charge in [0, 0.05) is 36.6 Å². The van der Waals surface area contributed by atoms with Crippen LogP contribution in [0.4, 0.5) is 5.82 Å². The van der Waals surface area contributed by atoms with Crippen molar-refractivity contribution in [2.75, 3.05) is 31.6 Å². The van der Waals surface area contributed by atoms with Crippen LogP contribution in [-0.4, -0.2) is 70.4 Å². The minimum Gasteiger partial charge on any atom is -0.508 e. The Labute approximate surface area is 228 Å². The Balaban J connectivity index is 1.22. The first-order chi connectivity index (χ1) is 19.0. The van der Waals surface area contributed by atoms with Gasteiger partial charge in [0.1, 0.15) is 18.2 Å². The number of phenols is 1. The van der Waals surface area contributed by atoms with Crippen LogP contribution in [0.25, 0.3) is 32.8 Å². The van der Waals surface area contributed by atoms with Gasteiger partial charge in [0.2, 0.25) is 0 Å². The van der Waals surface area contributed by atoms with Crippen LogP contribution in [0.2, 0.25) is 0 Å².